The number of nitrogens with one attached hydrogen (secondary N) is 1. The monoisotopic (exact) mass is 295 g/mol. The topological polar surface area (TPSA) is 18.5 Å². The van der Waals surface area contributed by atoms with E-state index in [9.17, 15) is 0 Å². The molecule has 1 saturated heterocycles. The first kappa shape index (κ1) is 17.2. The molecule has 1 aliphatic heterocycles. The molecular weight excluding hydrogens is 258 g/mol. The van der Waals surface area contributed by atoms with Gasteiger partial charge in [0, 0.05) is 25.7 Å². The maximum absolute atomic E-state index is 3.74. The number of hydrogen-bond acceptors (Lipinski definition) is 3. The van der Waals surface area contributed by atoms with E-state index in [1.165, 1.54) is 84.1 Å². The van der Waals surface area contributed by atoms with E-state index < -0.39 is 0 Å². The first-order valence-electron chi connectivity index (χ1n) is 9.25. The molecule has 1 unspecified atom stereocenters. The number of rotatable bonds is 7. The standard InChI is InChI=1S/C18H37N3/c1-4-12-19-15-18(10-7-5-6-8-11-18)16-21-13-9-17(14-21)20(2)3/h17,19H,4-16H2,1-3H3. The van der Waals surface area contributed by atoms with E-state index in [1.807, 2.05) is 0 Å². The molecule has 1 heterocycles. The van der Waals surface area contributed by atoms with Crippen molar-refractivity contribution in [3.63, 3.8) is 0 Å². The van der Waals surface area contributed by atoms with Crippen LogP contribution in [0.1, 0.15) is 58.3 Å². The molecule has 2 rings (SSSR count). The van der Waals surface area contributed by atoms with Crippen LogP contribution < -0.4 is 5.32 Å². The van der Waals surface area contributed by atoms with Crippen LogP contribution in [-0.4, -0.2) is 62.7 Å². The fraction of sp³-hybridized carbons (Fsp3) is 1.00. The van der Waals surface area contributed by atoms with E-state index in [0.29, 0.717) is 5.41 Å². The minimum atomic E-state index is 0.548. The molecule has 0 bridgehead atoms. The van der Waals surface area contributed by atoms with Crippen molar-refractivity contribution in [2.24, 2.45) is 5.41 Å². The maximum atomic E-state index is 3.74. The first-order valence-corrected chi connectivity index (χ1v) is 9.25. The second-order valence-corrected chi connectivity index (χ2v) is 7.73. The summed E-state index contributed by atoms with van der Waals surface area (Å²) in [7, 11) is 4.47. The summed E-state index contributed by atoms with van der Waals surface area (Å²) in [6.07, 6.45) is 11.3. The summed E-state index contributed by atoms with van der Waals surface area (Å²) >= 11 is 0. The van der Waals surface area contributed by atoms with Crippen molar-refractivity contribution in [2.45, 2.75) is 64.3 Å². The molecule has 1 atom stereocenters. The Kier molecular flexibility index (Phi) is 6.97. The molecule has 0 aromatic carbocycles. The SMILES string of the molecule is CCCNCC1(CN2CCC(N(C)C)C2)CCCCCC1. The third-order valence-corrected chi connectivity index (χ3v) is 5.63. The zero-order valence-electron chi connectivity index (χ0n) is 14.7. The predicted molar refractivity (Wildman–Crippen MR) is 91.8 cm³/mol. The Morgan fingerprint density at radius 2 is 1.86 bits per heavy atom. The van der Waals surface area contributed by atoms with E-state index in [-0.39, 0.29) is 0 Å². The van der Waals surface area contributed by atoms with Crippen molar-refractivity contribution in [1.29, 1.82) is 0 Å². The van der Waals surface area contributed by atoms with E-state index in [0.717, 1.165) is 6.04 Å². The maximum Gasteiger partial charge on any atom is 0.0229 e. The molecule has 2 fully saturated rings. The number of hydrogen-bond donors (Lipinski definition) is 1. The van der Waals surface area contributed by atoms with Gasteiger partial charge in [0.05, 0.1) is 0 Å². The van der Waals surface area contributed by atoms with Gasteiger partial charge in [-0.3, -0.25) is 0 Å². The van der Waals surface area contributed by atoms with Crippen molar-refractivity contribution in [3.8, 4) is 0 Å². The second kappa shape index (κ2) is 8.50. The molecule has 0 amide bonds. The molecule has 0 aromatic heterocycles. The summed E-state index contributed by atoms with van der Waals surface area (Å²) in [6.45, 7) is 8.61. The summed E-state index contributed by atoms with van der Waals surface area (Å²) in [5.74, 6) is 0. The van der Waals surface area contributed by atoms with Crippen LogP contribution in [0.5, 0.6) is 0 Å². The summed E-state index contributed by atoms with van der Waals surface area (Å²) in [5, 5.41) is 3.74. The predicted octanol–water partition coefficient (Wildman–Crippen LogP) is 2.96. The van der Waals surface area contributed by atoms with Gasteiger partial charge < -0.3 is 15.1 Å². The van der Waals surface area contributed by atoms with Crippen LogP contribution in [0, 0.1) is 5.41 Å². The van der Waals surface area contributed by atoms with Gasteiger partial charge >= 0.3 is 0 Å². The molecule has 2 aliphatic rings. The molecule has 3 heteroatoms. The number of nitrogens with zero attached hydrogens (tertiary/aromatic N) is 2. The van der Waals surface area contributed by atoms with Gasteiger partial charge in [0.2, 0.25) is 0 Å². The minimum absolute atomic E-state index is 0.548. The summed E-state index contributed by atoms with van der Waals surface area (Å²) in [4.78, 5) is 5.17. The van der Waals surface area contributed by atoms with Crippen LogP contribution >= 0.6 is 0 Å². The fourth-order valence-electron chi connectivity index (χ4n) is 4.25. The van der Waals surface area contributed by atoms with Crippen LogP contribution in [0.2, 0.25) is 0 Å². The third-order valence-electron chi connectivity index (χ3n) is 5.63. The van der Waals surface area contributed by atoms with Crippen LogP contribution in [0.25, 0.3) is 0 Å². The molecule has 1 saturated carbocycles. The summed E-state index contributed by atoms with van der Waals surface area (Å²) in [5.41, 5.74) is 0.548. The quantitative estimate of drug-likeness (QED) is 0.575. The van der Waals surface area contributed by atoms with Gasteiger partial charge in [0.15, 0.2) is 0 Å². The van der Waals surface area contributed by atoms with E-state index in [2.05, 4.69) is 36.1 Å². The van der Waals surface area contributed by atoms with Gasteiger partial charge in [0.1, 0.15) is 0 Å². The lowest BCUT2D eigenvalue weighted by molar-refractivity contribution is 0.139. The van der Waals surface area contributed by atoms with Gasteiger partial charge in [-0.25, -0.2) is 0 Å². The van der Waals surface area contributed by atoms with Gasteiger partial charge in [-0.2, -0.15) is 0 Å². The zero-order valence-corrected chi connectivity index (χ0v) is 14.7. The van der Waals surface area contributed by atoms with Gasteiger partial charge in [-0.1, -0.05) is 32.6 Å². The van der Waals surface area contributed by atoms with Crippen molar-refractivity contribution in [2.75, 3.05) is 46.8 Å². The average Bonchev–Trinajstić information content (AvgIpc) is 2.79. The molecule has 1 aliphatic carbocycles. The Hall–Kier alpha value is -0.120. The van der Waals surface area contributed by atoms with Crippen LogP contribution in [0.4, 0.5) is 0 Å². The van der Waals surface area contributed by atoms with E-state index in [1.54, 1.807) is 0 Å². The molecule has 3 nitrogen and oxygen atoms in total. The van der Waals surface area contributed by atoms with Gasteiger partial charge in [-0.05, 0) is 58.3 Å². The average molecular weight is 296 g/mol. The van der Waals surface area contributed by atoms with Crippen molar-refractivity contribution < 1.29 is 0 Å². The molecule has 1 N–H and O–H groups in total. The Bertz CT molecular complexity index is 282. The normalized spacial score (nSPS) is 27.1. The first-order chi connectivity index (χ1) is 10.2. The molecule has 124 valence electrons. The molecule has 21 heavy (non-hydrogen) atoms. The fourth-order valence-corrected chi connectivity index (χ4v) is 4.25. The highest BCUT2D eigenvalue weighted by Crippen LogP contribution is 2.36. The minimum Gasteiger partial charge on any atom is -0.316 e. The smallest absolute Gasteiger partial charge is 0.0229 e. The lowest BCUT2D eigenvalue weighted by Crippen LogP contribution is -2.44. The molecule has 0 spiro atoms. The zero-order chi connectivity index (χ0) is 15.1. The third kappa shape index (κ3) is 5.22. The lowest BCUT2D eigenvalue weighted by Gasteiger charge is -2.37. The molecule has 0 radical (unpaired) electrons. The van der Waals surface area contributed by atoms with E-state index in [4.69, 9.17) is 0 Å². The largest absolute Gasteiger partial charge is 0.316 e. The second-order valence-electron chi connectivity index (χ2n) is 7.73. The van der Waals surface area contributed by atoms with Crippen molar-refractivity contribution in [1.82, 2.24) is 15.1 Å². The summed E-state index contributed by atoms with van der Waals surface area (Å²) in [6, 6.07) is 0.774. The van der Waals surface area contributed by atoms with Crippen LogP contribution in [0.3, 0.4) is 0 Å². The highest BCUT2D eigenvalue weighted by molar-refractivity contribution is 4.90. The highest BCUT2D eigenvalue weighted by atomic mass is 15.2. The Balaban J connectivity index is 1.91. The Labute approximate surface area is 132 Å². The summed E-state index contributed by atoms with van der Waals surface area (Å²) < 4.78 is 0. The number of likely N-dealkylation sites (tertiary alicyclic amines) is 1. The molecule has 0 aromatic rings. The van der Waals surface area contributed by atoms with Crippen molar-refractivity contribution >= 4 is 0 Å². The highest BCUT2D eigenvalue weighted by Gasteiger charge is 2.35. The van der Waals surface area contributed by atoms with Gasteiger partial charge in [0.25, 0.3) is 0 Å². The van der Waals surface area contributed by atoms with E-state index >= 15 is 0 Å². The van der Waals surface area contributed by atoms with Crippen LogP contribution in [0.15, 0.2) is 0 Å². The molecular formula is C18H37N3. The van der Waals surface area contributed by atoms with Crippen molar-refractivity contribution in [3.05, 3.63) is 0 Å². The Morgan fingerprint density at radius 3 is 2.43 bits per heavy atom. The number of likely N-dealkylation sites (N-methyl/N-ethyl adjacent to an activating group) is 1. The lowest BCUT2D eigenvalue weighted by atomic mass is 9.79. The Morgan fingerprint density at radius 1 is 1.14 bits per heavy atom. The van der Waals surface area contributed by atoms with Gasteiger partial charge in [-0.15, -0.1) is 0 Å². The van der Waals surface area contributed by atoms with Crippen LogP contribution in [-0.2, 0) is 0 Å².